The lowest BCUT2D eigenvalue weighted by atomic mass is 10.1. The van der Waals surface area contributed by atoms with Gasteiger partial charge in [-0.15, -0.1) is 11.8 Å². The van der Waals surface area contributed by atoms with Crippen molar-refractivity contribution in [3.05, 3.63) is 60.2 Å². The summed E-state index contributed by atoms with van der Waals surface area (Å²) in [5, 5.41) is 10.3. The molecule has 24 heavy (non-hydrogen) atoms. The molecule has 2 aromatic rings. The first-order chi connectivity index (χ1) is 11.7. The van der Waals surface area contributed by atoms with E-state index >= 15 is 0 Å². The fourth-order valence-electron chi connectivity index (χ4n) is 3.15. The van der Waals surface area contributed by atoms with Gasteiger partial charge in [0.25, 0.3) is 0 Å². The van der Waals surface area contributed by atoms with E-state index in [-0.39, 0.29) is 6.10 Å². The maximum Gasteiger partial charge on any atom is 0.0760 e. The van der Waals surface area contributed by atoms with Gasteiger partial charge in [-0.25, -0.2) is 0 Å². The Balaban J connectivity index is 1.43. The van der Waals surface area contributed by atoms with Gasteiger partial charge in [-0.2, -0.15) is 0 Å². The van der Waals surface area contributed by atoms with Gasteiger partial charge in [-0.05, 0) is 30.7 Å². The first-order valence-electron chi connectivity index (χ1n) is 8.61. The molecule has 0 unspecified atom stereocenters. The second kappa shape index (κ2) is 8.56. The summed E-state index contributed by atoms with van der Waals surface area (Å²) in [5.74, 6) is 0.752. The fraction of sp³-hybridized carbons (Fsp3) is 0.400. The summed E-state index contributed by atoms with van der Waals surface area (Å²) < 4.78 is 0. The van der Waals surface area contributed by atoms with E-state index in [0.29, 0.717) is 0 Å². The first-order valence-corrected chi connectivity index (χ1v) is 9.60. The van der Waals surface area contributed by atoms with Gasteiger partial charge in [-0.3, -0.25) is 4.90 Å². The van der Waals surface area contributed by atoms with Crippen LogP contribution in [0.25, 0.3) is 0 Å². The lowest BCUT2D eigenvalue weighted by Gasteiger charge is -2.37. The van der Waals surface area contributed by atoms with Gasteiger partial charge in [0, 0.05) is 49.1 Å². The molecule has 4 heteroatoms. The van der Waals surface area contributed by atoms with Crippen molar-refractivity contribution in [3.63, 3.8) is 0 Å². The molecular weight excluding hydrogens is 316 g/mol. The summed E-state index contributed by atoms with van der Waals surface area (Å²) >= 11 is 1.73. The number of aryl methyl sites for hydroxylation is 1. The highest BCUT2D eigenvalue weighted by atomic mass is 32.2. The zero-order valence-electron chi connectivity index (χ0n) is 14.3. The molecule has 0 aromatic heterocycles. The Morgan fingerprint density at radius 1 is 0.958 bits per heavy atom. The van der Waals surface area contributed by atoms with Crippen molar-refractivity contribution in [2.45, 2.75) is 17.9 Å². The van der Waals surface area contributed by atoms with Gasteiger partial charge < -0.3 is 10.0 Å². The third kappa shape index (κ3) is 4.76. The van der Waals surface area contributed by atoms with Crippen molar-refractivity contribution in [3.8, 4) is 0 Å². The number of piperazine rings is 1. The Morgan fingerprint density at radius 3 is 2.33 bits per heavy atom. The number of β-amino-alcohol motifs (C(OH)–C–C–N with tert-alkyl or cyclic N) is 1. The molecule has 1 fully saturated rings. The van der Waals surface area contributed by atoms with Crippen LogP contribution in [0.1, 0.15) is 5.56 Å². The minimum atomic E-state index is -0.278. The molecule has 3 nitrogen and oxygen atoms in total. The van der Waals surface area contributed by atoms with Crippen LogP contribution in [0.5, 0.6) is 0 Å². The molecule has 0 spiro atoms. The van der Waals surface area contributed by atoms with Crippen molar-refractivity contribution in [2.75, 3.05) is 43.4 Å². The molecule has 0 aliphatic carbocycles. The van der Waals surface area contributed by atoms with E-state index in [4.69, 9.17) is 0 Å². The molecule has 1 N–H and O–H groups in total. The van der Waals surface area contributed by atoms with E-state index in [2.05, 4.69) is 53.1 Å². The summed E-state index contributed by atoms with van der Waals surface area (Å²) in [6, 6.07) is 18.9. The number of aliphatic hydroxyl groups excluding tert-OH is 1. The zero-order valence-corrected chi connectivity index (χ0v) is 15.1. The Hall–Kier alpha value is -1.49. The number of anilines is 1. The van der Waals surface area contributed by atoms with Crippen LogP contribution in [0, 0.1) is 6.92 Å². The summed E-state index contributed by atoms with van der Waals surface area (Å²) in [6.45, 7) is 7.03. The molecular formula is C20H26N2OS. The minimum absolute atomic E-state index is 0.278. The number of nitrogens with zero attached hydrogens (tertiary/aromatic N) is 2. The molecule has 1 atom stereocenters. The van der Waals surface area contributed by atoms with Crippen LogP contribution in [-0.2, 0) is 0 Å². The Bertz CT molecular complexity index is 627. The van der Waals surface area contributed by atoms with Crippen LogP contribution in [0.3, 0.4) is 0 Å². The first kappa shape index (κ1) is 17.3. The number of para-hydroxylation sites is 1. The lowest BCUT2D eigenvalue weighted by molar-refractivity contribution is 0.126. The highest BCUT2D eigenvalue weighted by Crippen LogP contribution is 2.21. The maximum atomic E-state index is 10.3. The highest BCUT2D eigenvalue weighted by molar-refractivity contribution is 7.99. The molecule has 0 radical (unpaired) electrons. The van der Waals surface area contributed by atoms with Crippen molar-refractivity contribution < 1.29 is 5.11 Å². The maximum absolute atomic E-state index is 10.3. The van der Waals surface area contributed by atoms with Crippen LogP contribution in [-0.4, -0.2) is 54.6 Å². The van der Waals surface area contributed by atoms with Crippen LogP contribution in [0.4, 0.5) is 5.69 Å². The van der Waals surface area contributed by atoms with Gasteiger partial charge in [-0.1, -0.05) is 36.4 Å². The van der Waals surface area contributed by atoms with E-state index in [1.165, 1.54) is 16.1 Å². The summed E-state index contributed by atoms with van der Waals surface area (Å²) in [7, 11) is 0. The Labute approximate surface area is 149 Å². The minimum Gasteiger partial charge on any atom is -0.391 e. The summed E-state index contributed by atoms with van der Waals surface area (Å²) in [4.78, 5) is 6.06. The number of hydrogen-bond donors (Lipinski definition) is 1. The monoisotopic (exact) mass is 342 g/mol. The SMILES string of the molecule is Cc1ccccc1N1CCN(C[C@H](O)CSc2ccccc2)CC1. The van der Waals surface area contributed by atoms with E-state index in [9.17, 15) is 5.11 Å². The summed E-state index contributed by atoms with van der Waals surface area (Å²) in [6.07, 6.45) is -0.278. The predicted molar refractivity (Wildman–Crippen MR) is 103 cm³/mol. The topological polar surface area (TPSA) is 26.7 Å². The molecule has 0 saturated carbocycles. The number of hydrogen-bond acceptors (Lipinski definition) is 4. The van der Waals surface area contributed by atoms with Crippen molar-refractivity contribution in [2.24, 2.45) is 0 Å². The molecule has 3 rings (SSSR count). The van der Waals surface area contributed by atoms with E-state index < -0.39 is 0 Å². The number of aliphatic hydroxyl groups is 1. The second-order valence-corrected chi connectivity index (χ2v) is 7.45. The fourth-order valence-corrected chi connectivity index (χ4v) is 3.99. The van der Waals surface area contributed by atoms with Gasteiger partial charge in [0.1, 0.15) is 0 Å². The largest absolute Gasteiger partial charge is 0.391 e. The average Bonchev–Trinajstić information content (AvgIpc) is 2.62. The van der Waals surface area contributed by atoms with E-state index in [0.717, 1.165) is 38.5 Å². The average molecular weight is 343 g/mol. The molecule has 1 saturated heterocycles. The Morgan fingerprint density at radius 2 is 1.62 bits per heavy atom. The smallest absolute Gasteiger partial charge is 0.0760 e. The van der Waals surface area contributed by atoms with Gasteiger partial charge in [0.2, 0.25) is 0 Å². The number of rotatable bonds is 6. The van der Waals surface area contributed by atoms with Crippen molar-refractivity contribution >= 4 is 17.4 Å². The van der Waals surface area contributed by atoms with Crippen molar-refractivity contribution in [1.29, 1.82) is 0 Å². The lowest BCUT2D eigenvalue weighted by Crippen LogP contribution is -2.49. The molecule has 128 valence electrons. The van der Waals surface area contributed by atoms with Crippen molar-refractivity contribution in [1.82, 2.24) is 4.90 Å². The van der Waals surface area contributed by atoms with Crippen LogP contribution < -0.4 is 4.90 Å². The molecule has 1 heterocycles. The number of benzene rings is 2. The molecule has 0 amide bonds. The third-order valence-electron chi connectivity index (χ3n) is 4.48. The van der Waals surface area contributed by atoms with Crippen LogP contribution in [0.15, 0.2) is 59.5 Å². The molecule has 1 aliphatic rings. The highest BCUT2D eigenvalue weighted by Gasteiger charge is 2.20. The molecule has 0 bridgehead atoms. The van der Waals surface area contributed by atoms with E-state index in [1.807, 2.05) is 18.2 Å². The Kier molecular flexibility index (Phi) is 6.18. The van der Waals surface area contributed by atoms with Crippen LogP contribution in [0.2, 0.25) is 0 Å². The molecule has 1 aliphatic heterocycles. The van der Waals surface area contributed by atoms with Gasteiger partial charge in [0.05, 0.1) is 6.10 Å². The predicted octanol–water partition coefficient (Wildman–Crippen LogP) is 3.27. The van der Waals surface area contributed by atoms with Gasteiger partial charge in [0.15, 0.2) is 0 Å². The van der Waals surface area contributed by atoms with E-state index in [1.54, 1.807) is 11.8 Å². The van der Waals surface area contributed by atoms with Gasteiger partial charge >= 0.3 is 0 Å². The van der Waals surface area contributed by atoms with Crippen LogP contribution >= 0.6 is 11.8 Å². The normalized spacial score (nSPS) is 17.0. The summed E-state index contributed by atoms with van der Waals surface area (Å²) in [5.41, 5.74) is 2.68. The third-order valence-corrected chi connectivity index (χ3v) is 5.64. The standard InChI is InChI=1S/C20H26N2OS/c1-17-7-5-6-10-20(17)22-13-11-21(12-14-22)15-18(23)16-24-19-8-3-2-4-9-19/h2-10,18,23H,11-16H2,1H3/t18-/m0/s1. The number of thioether (sulfide) groups is 1. The second-order valence-electron chi connectivity index (χ2n) is 6.35. The zero-order chi connectivity index (χ0) is 16.8. The quantitative estimate of drug-likeness (QED) is 0.815. The molecule has 2 aromatic carbocycles.